The summed E-state index contributed by atoms with van der Waals surface area (Å²) < 4.78 is 4.62. The maximum atomic E-state index is 10.4. The Labute approximate surface area is 52.9 Å². The van der Waals surface area contributed by atoms with Crippen LogP contribution in [0.3, 0.4) is 0 Å². The lowest BCUT2D eigenvalue weighted by molar-refractivity contribution is -0.139. The zero-order chi connectivity index (χ0) is 6.85. The first kappa shape index (κ1) is 6.29. The molecule has 1 aliphatic carbocycles. The van der Waals surface area contributed by atoms with Gasteiger partial charge in [0.2, 0.25) is 0 Å². The molecule has 2 atom stereocenters. The van der Waals surface area contributed by atoms with Crippen LogP contribution in [-0.4, -0.2) is 23.3 Å². The Morgan fingerprint density at radius 3 is 2.78 bits per heavy atom. The van der Waals surface area contributed by atoms with Crippen molar-refractivity contribution in [2.75, 3.05) is 0 Å². The van der Waals surface area contributed by atoms with E-state index in [0.29, 0.717) is 6.42 Å². The van der Waals surface area contributed by atoms with E-state index in [0.717, 1.165) is 6.08 Å². The number of aliphatic hydroxyl groups is 1. The lowest BCUT2D eigenvalue weighted by Gasteiger charge is -1.95. The minimum Gasteiger partial charge on any atom is -0.456 e. The summed E-state index contributed by atoms with van der Waals surface area (Å²) in [5, 5.41) is 8.66. The standard InChI is InChI=1S/C6H8O3/c1-2-6(8)9-5-3-4(5)7/h2,4-5,7H,1,3H2. The van der Waals surface area contributed by atoms with E-state index in [4.69, 9.17) is 5.11 Å². The fourth-order valence-electron chi connectivity index (χ4n) is 0.483. The highest BCUT2D eigenvalue weighted by atomic mass is 16.6. The second-order valence-corrected chi connectivity index (χ2v) is 1.98. The SMILES string of the molecule is C=CC(=O)OC1CC1O. The van der Waals surface area contributed by atoms with E-state index >= 15 is 0 Å². The maximum Gasteiger partial charge on any atom is 0.330 e. The third-order valence-electron chi connectivity index (χ3n) is 1.13. The van der Waals surface area contributed by atoms with Gasteiger partial charge >= 0.3 is 5.97 Å². The molecule has 3 nitrogen and oxygen atoms in total. The molecule has 9 heavy (non-hydrogen) atoms. The van der Waals surface area contributed by atoms with E-state index in [1.165, 1.54) is 0 Å². The highest BCUT2D eigenvalue weighted by molar-refractivity contribution is 5.81. The zero-order valence-electron chi connectivity index (χ0n) is 4.91. The largest absolute Gasteiger partial charge is 0.456 e. The van der Waals surface area contributed by atoms with E-state index in [9.17, 15) is 4.79 Å². The van der Waals surface area contributed by atoms with Crippen molar-refractivity contribution in [3.8, 4) is 0 Å². The lowest BCUT2D eigenvalue weighted by atomic mass is 10.6. The highest BCUT2D eigenvalue weighted by Crippen LogP contribution is 2.24. The summed E-state index contributed by atoms with van der Waals surface area (Å²) in [7, 11) is 0. The Bertz CT molecular complexity index is 141. The van der Waals surface area contributed by atoms with Gasteiger partial charge in [-0.1, -0.05) is 6.58 Å². The van der Waals surface area contributed by atoms with Crippen molar-refractivity contribution in [1.29, 1.82) is 0 Å². The number of rotatable bonds is 2. The molecule has 50 valence electrons. The third kappa shape index (κ3) is 1.54. The molecule has 0 bridgehead atoms. The molecule has 0 aromatic rings. The zero-order valence-corrected chi connectivity index (χ0v) is 4.91. The van der Waals surface area contributed by atoms with Gasteiger partial charge in [-0.25, -0.2) is 4.79 Å². The fraction of sp³-hybridized carbons (Fsp3) is 0.500. The first-order chi connectivity index (χ1) is 4.24. The highest BCUT2D eigenvalue weighted by Gasteiger charge is 2.38. The van der Waals surface area contributed by atoms with Gasteiger partial charge in [-0.15, -0.1) is 0 Å². The van der Waals surface area contributed by atoms with Crippen LogP contribution in [0.25, 0.3) is 0 Å². The molecule has 1 rings (SSSR count). The molecule has 0 amide bonds. The van der Waals surface area contributed by atoms with Crippen molar-refractivity contribution in [2.45, 2.75) is 18.6 Å². The summed E-state index contributed by atoms with van der Waals surface area (Å²) in [6, 6.07) is 0. The molecule has 0 spiro atoms. The molecule has 0 aromatic carbocycles. The molecule has 0 radical (unpaired) electrons. The Hall–Kier alpha value is -0.830. The normalized spacial score (nSPS) is 31.2. The lowest BCUT2D eigenvalue weighted by Crippen LogP contribution is -2.05. The molecule has 2 unspecified atom stereocenters. The van der Waals surface area contributed by atoms with E-state index in [1.807, 2.05) is 0 Å². The molecule has 0 aromatic heterocycles. The quantitative estimate of drug-likeness (QED) is 0.415. The van der Waals surface area contributed by atoms with Crippen LogP contribution in [-0.2, 0) is 9.53 Å². The maximum absolute atomic E-state index is 10.4. The summed E-state index contributed by atoms with van der Waals surface area (Å²) >= 11 is 0. The summed E-state index contributed by atoms with van der Waals surface area (Å²) in [6.45, 7) is 3.21. The van der Waals surface area contributed by atoms with Crippen molar-refractivity contribution in [2.24, 2.45) is 0 Å². The summed E-state index contributed by atoms with van der Waals surface area (Å²) in [6.07, 6.45) is 0.953. The monoisotopic (exact) mass is 128 g/mol. The molecular formula is C6H8O3. The molecule has 0 saturated heterocycles. The molecule has 0 aliphatic heterocycles. The molecule has 1 aliphatic rings. The molecule has 1 N–H and O–H groups in total. The number of hydrogen-bond donors (Lipinski definition) is 1. The van der Waals surface area contributed by atoms with Crippen molar-refractivity contribution in [3.63, 3.8) is 0 Å². The van der Waals surface area contributed by atoms with Gasteiger partial charge in [-0.3, -0.25) is 0 Å². The fourth-order valence-corrected chi connectivity index (χ4v) is 0.483. The molecule has 3 heteroatoms. The van der Waals surface area contributed by atoms with Crippen LogP contribution < -0.4 is 0 Å². The number of carbonyl (C=O) groups excluding carboxylic acids is 1. The van der Waals surface area contributed by atoms with Gasteiger partial charge in [-0.2, -0.15) is 0 Å². The van der Waals surface area contributed by atoms with E-state index in [2.05, 4.69) is 11.3 Å². The average molecular weight is 128 g/mol. The van der Waals surface area contributed by atoms with Gasteiger partial charge in [0.1, 0.15) is 6.10 Å². The molecule has 0 heterocycles. The van der Waals surface area contributed by atoms with Gasteiger partial charge in [0, 0.05) is 12.5 Å². The summed E-state index contributed by atoms with van der Waals surface area (Å²) in [4.78, 5) is 10.4. The van der Waals surface area contributed by atoms with E-state index in [-0.39, 0.29) is 6.10 Å². The van der Waals surface area contributed by atoms with Crippen LogP contribution in [0.2, 0.25) is 0 Å². The number of aliphatic hydroxyl groups excluding tert-OH is 1. The second kappa shape index (κ2) is 2.19. The van der Waals surface area contributed by atoms with Gasteiger partial charge in [0.05, 0.1) is 6.10 Å². The molecule has 1 saturated carbocycles. The van der Waals surface area contributed by atoms with Crippen molar-refractivity contribution in [1.82, 2.24) is 0 Å². The van der Waals surface area contributed by atoms with Gasteiger partial charge in [0.25, 0.3) is 0 Å². The summed E-state index contributed by atoms with van der Waals surface area (Å²) in [5.74, 6) is -0.462. The van der Waals surface area contributed by atoms with Gasteiger partial charge in [0.15, 0.2) is 0 Å². The van der Waals surface area contributed by atoms with E-state index in [1.54, 1.807) is 0 Å². The van der Waals surface area contributed by atoms with E-state index < -0.39 is 12.1 Å². The van der Waals surface area contributed by atoms with Crippen molar-refractivity contribution in [3.05, 3.63) is 12.7 Å². The van der Waals surface area contributed by atoms with Crippen LogP contribution in [0, 0.1) is 0 Å². The van der Waals surface area contributed by atoms with Crippen LogP contribution in [0.4, 0.5) is 0 Å². The minimum atomic E-state index is -0.462. The smallest absolute Gasteiger partial charge is 0.330 e. The second-order valence-electron chi connectivity index (χ2n) is 1.98. The Morgan fingerprint density at radius 1 is 1.89 bits per heavy atom. The minimum absolute atomic E-state index is 0.268. The number of esters is 1. The first-order valence-corrected chi connectivity index (χ1v) is 2.75. The van der Waals surface area contributed by atoms with Crippen molar-refractivity contribution >= 4 is 5.97 Å². The van der Waals surface area contributed by atoms with Crippen LogP contribution in [0.15, 0.2) is 12.7 Å². The summed E-state index contributed by atoms with van der Waals surface area (Å²) in [5.41, 5.74) is 0. The van der Waals surface area contributed by atoms with Crippen LogP contribution >= 0.6 is 0 Å². The molecule has 1 fully saturated rings. The number of carbonyl (C=O) groups is 1. The van der Waals surface area contributed by atoms with Gasteiger partial charge < -0.3 is 9.84 Å². The van der Waals surface area contributed by atoms with Gasteiger partial charge in [-0.05, 0) is 0 Å². The van der Waals surface area contributed by atoms with Crippen LogP contribution in [0.5, 0.6) is 0 Å². The predicted molar refractivity (Wildman–Crippen MR) is 30.7 cm³/mol. The Morgan fingerprint density at radius 2 is 2.44 bits per heavy atom. The Kier molecular flexibility index (Phi) is 1.53. The first-order valence-electron chi connectivity index (χ1n) is 2.75. The number of ether oxygens (including phenoxy) is 1. The average Bonchev–Trinajstić information content (AvgIpc) is 2.47. The molecular weight excluding hydrogens is 120 g/mol. The topological polar surface area (TPSA) is 46.5 Å². The third-order valence-corrected chi connectivity index (χ3v) is 1.13. The number of hydrogen-bond acceptors (Lipinski definition) is 3. The predicted octanol–water partition coefficient (Wildman–Crippen LogP) is -0.151. The van der Waals surface area contributed by atoms with Crippen LogP contribution in [0.1, 0.15) is 6.42 Å². The van der Waals surface area contributed by atoms with Crippen molar-refractivity contribution < 1.29 is 14.6 Å². The Balaban J connectivity index is 2.19.